The zero-order valence-electron chi connectivity index (χ0n) is 11.2. The molecule has 0 rings (SSSR count). The number of esters is 2. The summed E-state index contributed by atoms with van der Waals surface area (Å²) in [6.45, 7) is 1.01. The summed E-state index contributed by atoms with van der Waals surface area (Å²) >= 11 is 6.38. The van der Waals surface area contributed by atoms with Gasteiger partial charge in [0.25, 0.3) is 0 Å². The minimum Gasteiger partial charge on any atom is -0.466 e. The fourth-order valence-corrected chi connectivity index (χ4v) is 2.05. The SMILES string of the molecule is O=C(CCBr)OCCCCCCCOC(=O)CCBr. The van der Waals surface area contributed by atoms with E-state index in [0.29, 0.717) is 36.7 Å². The predicted molar refractivity (Wildman–Crippen MR) is 81.8 cm³/mol. The van der Waals surface area contributed by atoms with E-state index in [1.807, 2.05) is 0 Å². The Morgan fingerprint density at radius 1 is 0.684 bits per heavy atom. The Morgan fingerprint density at radius 2 is 1.05 bits per heavy atom. The summed E-state index contributed by atoms with van der Waals surface area (Å²) in [5.41, 5.74) is 0. The van der Waals surface area contributed by atoms with Crippen LogP contribution in [-0.2, 0) is 19.1 Å². The zero-order valence-corrected chi connectivity index (χ0v) is 14.3. The van der Waals surface area contributed by atoms with Crippen molar-refractivity contribution in [1.82, 2.24) is 0 Å². The first-order valence-corrected chi connectivity index (χ1v) is 8.88. The first kappa shape index (κ1) is 18.9. The standard InChI is InChI=1S/C13H22Br2O4/c14-8-6-12(16)18-10-4-2-1-3-5-11-19-13(17)7-9-15/h1-11H2. The Balaban J connectivity index is 3.15. The van der Waals surface area contributed by atoms with E-state index in [-0.39, 0.29) is 11.9 Å². The molecule has 19 heavy (non-hydrogen) atoms. The van der Waals surface area contributed by atoms with Crippen molar-refractivity contribution >= 4 is 43.8 Å². The van der Waals surface area contributed by atoms with E-state index in [1.54, 1.807) is 0 Å². The van der Waals surface area contributed by atoms with Gasteiger partial charge in [-0.05, 0) is 12.8 Å². The van der Waals surface area contributed by atoms with Crippen LogP contribution in [0, 0.1) is 0 Å². The van der Waals surface area contributed by atoms with Crippen LogP contribution in [0.2, 0.25) is 0 Å². The van der Waals surface area contributed by atoms with Crippen molar-refractivity contribution < 1.29 is 19.1 Å². The largest absolute Gasteiger partial charge is 0.466 e. The molecular weight excluding hydrogens is 380 g/mol. The van der Waals surface area contributed by atoms with Gasteiger partial charge in [0.1, 0.15) is 0 Å². The number of hydrogen-bond donors (Lipinski definition) is 0. The molecule has 0 aromatic carbocycles. The molecule has 0 saturated carbocycles. The summed E-state index contributed by atoms with van der Waals surface area (Å²) in [5.74, 6) is -0.286. The maximum atomic E-state index is 11.0. The molecule has 0 aliphatic carbocycles. The van der Waals surface area contributed by atoms with Crippen LogP contribution in [0.1, 0.15) is 44.9 Å². The highest BCUT2D eigenvalue weighted by Gasteiger charge is 2.01. The topological polar surface area (TPSA) is 52.6 Å². The van der Waals surface area contributed by atoms with Gasteiger partial charge < -0.3 is 9.47 Å². The molecule has 0 aliphatic rings. The highest BCUT2D eigenvalue weighted by molar-refractivity contribution is 9.09. The van der Waals surface area contributed by atoms with Gasteiger partial charge in [0.15, 0.2) is 0 Å². The van der Waals surface area contributed by atoms with E-state index in [0.717, 1.165) is 32.1 Å². The summed E-state index contributed by atoms with van der Waals surface area (Å²) in [7, 11) is 0. The van der Waals surface area contributed by atoms with Gasteiger partial charge in [-0.1, -0.05) is 51.1 Å². The lowest BCUT2D eigenvalue weighted by atomic mass is 10.1. The maximum Gasteiger partial charge on any atom is 0.306 e. The lowest BCUT2D eigenvalue weighted by Crippen LogP contribution is -2.06. The Hall–Kier alpha value is -0.100. The smallest absolute Gasteiger partial charge is 0.306 e. The van der Waals surface area contributed by atoms with Crippen molar-refractivity contribution in [2.24, 2.45) is 0 Å². The van der Waals surface area contributed by atoms with Gasteiger partial charge in [0.05, 0.1) is 26.1 Å². The van der Waals surface area contributed by atoms with Crippen molar-refractivity contribution in [2.45, 2.75) is 44.9 Å². The second-order valence-electron chi connectivity index (χ2n) is 4.09. The van der Waals surface area contributed by atoms with Crippen LogP contribution in [0.4, 0.5) is 0 Å². The van der Waals surface area contributed by atoms with Crippen molar-refractivity contribution in [1.29, 1.82) is 0 Å². The molecule has 0 aromatic rings. The lowest BCUT2D eigenvalue weighted by molar-refractivity contribution is -0.144. The van der Waals surface area contributed by atoms with Crippen molar-refractivity contribution in [2.75, 3.05) is 23.9 Å². The third kappa shape index (κ3) is 14.1. The summed E-state index contributed by atoms with van der Waals surface area (Å²) in [6.07, 6.45) is 5.81. The summed E-state index contributed by atoms with van der Waals surface area (Å²) in [4.78, 5) is 22.1. The van der Waals surface area contributed by atoms with Crippen LogP contribution in [0.5, 0.6) is 0 Å². The number of carbonyl (C=O) groups excluding carboxylic acids is 2. The summed E-state index contributed by atoms with van der Waals surface area (Å²) in [5, 5.41) is 1.30. The molecule has 0 aromatic heterocycles. The Bertz CT molecular complexity index is 223. The average molecular weight is 402 g/mol. The van der Waals surface area contributed by atoms with Gasteiger partial charge >= 0.3 is 11.9 Å². The normalized spacial score (nSPS) is 10.2. The molecule has 0 aliphatic heterocycles. The fraction of sp³-hybridized carbons (Fsp3) is 0.846. The number of carbonyl (C=O) groups is 2. The molecular formula is C13H22Br2O4. The van der Waals surface area contributed by atoms with Crippen molar-refractivity contribution in [3.05, 3.63) is 0 Å². The molecule has 4 nitrogen and oxygen atoms in total. The molecule has 0 spiro atoms. The van der Waals surface area contributed by atoms with Crippen LogP contribution in [0.15, 0.2) is 0 Å². The quantitative estimate of drug-likeness (QED) is 0.285. The average Bonchev–Trinajstić information content (AvgIpc) is 2.37. The molecule has 0 N–H and O–H groups in total. The van der Waals surface area contributed by atoms with Crippen LogP contribution >= 0.6 is 31.9 Å². The Labute approximate surface area is 131 Å². The first-order valence-electron chi connectivity index (χ1n) is 6.64. The fourth-order valence-electron chi connectivity index (χ4n) is 1.41. The van der Waals surface area contributed by atoms with Gasteiger partial charge in [0.2, 0.25) is 0 Å². The molecule has 112 valence electrons. The molecule has 0 bridgehead atoms. The number of rotatable bonds is 12. The van der Waals surface area contributed by atoms with Crippen molar-refractivity contribution in [3.63, 3.8) is 0 Å². The minimum absolute atomic E-state index is 0.143. The molecule has 6 heteroatoms. The van der Waals surface area contributed by atoms with Gasteiger partial charge in [0, 0.05) is 10.7 Å². The summed E-state index contributed by atoms with van der Waals surface area (Å²) in [6, 6.07) is 0. The van der Waals surface area contributed by atoms with Crippen LogP contribution < -0.4 is 0 Å². The van der Waals surface area contributed by atoms with Crippen molar-refractivity contribution in [3.8, 4) is 0 Å². The number of unbranched alkanes of at least 4 members (excludes halogenated alkanes) is 4. The number of hydrogen-bond acceptors (Lipinski definition) is 4. The van der Waals surface area contributed by atoms with E-state index < -0.39 is 0 Å². The second-order valence-corrected chi connectivity index (χ2v) is 5.67. The molecule has 0 heterocycles. The molecule has 0 amide bonds. The highest BCUT2D eigenvalue weighted by Crippen LogP contribution is 2.04. The maximum absolute atomic E-state index is 11.0. The van der Waals surface area contributed by atoms with Crippen LogP contribution in [0.3, 0.4) is 0 Å². The first-order chi connectivity index (χ1) is 9.20. The lowest BCUT2D eigenvalue weighted by Gasteiger charge is -2.05. The molecule has 0 radical (unpaired) electrons. The van der Waals surface area contributed by atoms with E-state index in [2.05, 4.69) is 31.9 Å². The Kier molecular flexibility index (Phi) is 14.2. The zero-order chi connectivity index (χ0) is 14.3. The third-order valence-corrected chi connectivity index (χ3v) is 3.21. The monoisotopic (exact) mass is 400 g/mol. The predicted octanol–water partition coefficient (Wildman–Crippen LogP) is 3.59. The van der Waals surface area contributed by atoms with Gasteiger partial charge in [-0.15, -0.1) is 0 Å². The number of alkyl halides is 2. The van der Waals surface area contributed by atoms with E-state index >= 15 is 0 Å². The van der Waals surface area contributed by atoms with E-state index in [9.17, 15) is 9.59 Å². The van der Waals surface area contributed by atoms with Gasteiger partial charge in [-0.25, -0.2) is 0 Å². The van der Waals surface area contributed by atoms with Gasteiger partial charge in [-0.3, -0.25) is 9.59 Å². The van der Waals surface area contributed by atoms with Crippen LogP contribution in [-0.4, -0.2) is 35.8 Å². The van der Waals surface area contributed by atoms with E-state index in [1.165, 1.54) is 0 Å². The molecule has 0 atom stereocenters. The minimum atomic E-state index is -0.143. The molecule has 0 fully saturated rings. The third-order valence-electron chi connectivity index (χ3n) is 2.41. The van der Waals surface area contributed by atoms with Crippen LogP contribution in [0.25, 0.3) is 0 Å². The summed E-state index contributed by atoms with van der Waals surface area (Å²) < 4.78 is 10.1. The second kappa shape index (κ2) is 14.3. The molecule has 0 saturated heterocycles. The highest BCUT2D eigenvalue weighted by atomic mass is 79.9. The molecule has 0 unspecified atom stereocenters. The Morgan fingerprint density at radius 3 is 1.42 bits per heavy atom. The number of halogens is 2. The van der Waals surface area contributed by atoms with E-state index in [4.69, 9.17) is 9.47 Å². The number of ether oxygens (including phenoxy) is 2. The van der Waals surface area contributed by atoms with Gasteiger partial charge in [-0.2, -0.15) is 0 Å².